The number of anilines is 2. The molecule has 0 amide bonds. The third-order valence-electron chi connectivity index (χ3n) is 4.85. The minimum Gasteiger partial charge on any atom is -0.332 e. The Morgan fingerprint density at radius 2 is 1.52 bits per heavy atom. The van der Waals surface area contributed by atoms with Crippen LogP contribution in [0.15, 0.2) is 72.8 Å². The molecule has 0 unspecified atom stereocenters. The summed E-state index contributed by atoms with van der Waals surface area (Å²) >= 11 is 3.42. The Bertz CT molecular complexity index is 1290. The number of nitrogens with one attached hydrogen (secondary N) is 1. The van der Waals surface area contributed by atoms with Gasteiger partial charge in [-0.1, -0.05) is 65.9 Å². The van der Waals surface area contributed by atoms with Crippen molar-refractivity contribution in [2.45, 2.75) is 13.8 Å². The van der Waals surface area contributed by atoms with Crippen LogP contribution in [0, 0.1) is 13.8 Å². The third-order valence-corrected chi connectivity index (χ3v) is 6.80. The molecule has 0 saturated heterocycles. The summed E-state index contributed by atoms with van der Waals surface area (Å²) < 4.78 is 1.20. The van der Waals surface area contributed by atoms with Crippen LogP contribution < -0.4 is 5.32 Å². The van der Waals surface area contributed by atoms with Crippen molar-refractivity contribution in [3.8, 4) is 21.8 Å². The predicted octanol–water partition coefficient (Wildman–Crippen LogP) is 7.45. The van der Waals surface area contributed by atoms with Crippen LogP contribution in [0.5, 0.6) is 0 Å². The van der Waals surface area contributed by atoms with E-state index in [2.05, 4.69) is 85.9 Å². The second kappa shape index (κ2) is 7.43. The number of para-hydroxylation sites is 1. The first kappa shape index (κ1) is 18.0. The first-order valence-corrected chi connectivity index (χ1v) is 11.1. The minimum absolute atomic E-state index is 0.915. The minimum atomic E-state index is 0.915. The van der Waals surface area contributed by atoms with Gasteiger partial charge in [0.05, 0.1) is 15.9 Å². The Hall–Kier alpha value is -3.02. The molecule has 142 valence electrons. The van der Waals surface area contributed by atoms with Crippen molar-refractivity contribution >= 4 is 43.7 Å². The Morgan fingerprint density at radius 1 is 0.724 bits per heavy atom. The van der Waals surface area contributed by atoms with E-state index in [1.165, 1.54) is 15.1 Å². The van der Waals surface area contributed by atoms with Crippen molar-refractivity contribution < 1.29 is 0 Å². The van der Waals surface area contributed by atoms with Gasteiger partial charge in [-0.3, -0.25) is 0 Å². The molecule has 1 N–H and O–H groups in total. The molecule has 3 aromatic carbocycles. The van der Waals surface area contributed by atoms with Crippen molar-refractivity contribution in [2.75, 3.05) is 5.32 Å². The topological polar surface area (TPSA) is 37.8 Å². The largest absolute Gasteiger partial charge is 0.332 e. The standard InChI is InChI=1S/C24H19N3S2/c1-15-7-6-10-20-21(15)27-24(29-20)25-19-13-11-17(12-14-19)22-16(2)28-23(26-22)18-8-4-3-5-9-18/h3-14H,1-2H3,(H,25,27). The Labute approximate surface area is 177 Å². The molecule has 0 aliphatic carbocycles. The number of fused-ring (bicyclic) bond motifs is 1. The van der Waals surface area contributed by atoms with Gasteiger partial charge in [0.15, 0.2) is 5.13 Å². The lowest BCUT2D eigenvalue weighted by Gasteiger charge is -2.04. The molecule has 0 fully saturated rings. The van der Waals surface area contributed by atoms with Gasteiger partial charge in [0.1, 0.15) is 5.01 Å². The summed E-state index contributed by atoms with van der Waals surface area (Å²) in [5.74, 6) is 0. The molecule has 5 aromatic rings. The summed E-state index contributed by atoms with van der Waals surface area (Å²) in [6.07, 6.45) is 0. The zero-order chi connectivity index (χ0) is 19.8. The number of benzene rings is 3. The van der Waals surface area contributed by atoms with Gasteiger partial charge in [-0.15, -0.1) is 11.3 Å². The van der Waals surface area contributed by atoms with E-state index >= 15 is 0 Å². The highest BCUT2D eigenvalue weighted by Gasteiger charge is 2.12. The van der Waals surface area contributed by atoms with E-state index < -0.39 is 0 Å². The monoisotopic (exact) mass is 413 g/mol. The van der Waals surface area contributed by atoms with Crippen LogP contribution in [0.25, 0.3) is 32.0 Å². The van der Waals surface area contributed by atoms with E-state index in [4.69, 9.17) is 9.97 Å². The zero-order valence-corrected chi connectivity index (χ0v) is 17.8. The highest BCUT2D eigenvalue weighted by molar-refractivity contribution is 7.22. The quantitative estimate of drug-likeness (QED) is 0.332. The smallest absolute Gasteiger partial charge is 0.188 e. The van der Waals surface area contributed by atoms with E-state index in [-0.39, 0.29) is 0 Å². The predicted molar refractivity (Wildman–Crippen MR) is 125 cm³/mol. The molecular weight excluding hydrogens is 394 g/mol. The van der Waals surface area contributed by atoms with Gasteiger partial charge in [-0.25, -0.2) is 9.97 Å². The number of thiazole rings is 2. The summed E-state index contributed by atoms with van der Waals surface area (Å²) in [6, 6.07) is 25.1. The van der Waals surface area contributed by atoms with E-state index in [1.54, 1.807) is 22.7 Å². The summed E-state index contributed by atoms with van der Waals surface area (Å²) in [7, 11) is 0. The van der Waals surface area contributed by atoms with Crippen LogP contribution >= 0.6 is 22.7 Å². The van der Waals surface area contributed by atoms with Crippen LogP contribution in [-0.2, 0) is 0 Å². The average Bonchev–Trinajstić information content (AvgIpc) is 3.33. The van der Waals surface area contributed by atoms with Crippen LogP contribution in [0.3, 0.4) is 0 Å². The van der Waals surface area contributed by atoms with Crippen LogP contribution in [0.4, 0.5) is 10.8 Å². The molecule has 0 saturated carbocycles. The molecule has 0 aliphatic heterocycles. The van der Waals surface area contributed by atoms with Crippen molar-refractivity contribution in [2.24, 2.45) is 0 Å². The van der Waals surface area contributed by atoms with Crippen LogP contribution in [0.2, 0.25) is 0 Å². The second-order valence-electron chi connectivity index (χ2n) is 6.93. The van der Waals surface area contributed by atoms with Gasteiger partial charge in [-0.2, -0.15) is 0 Å². The zero-order valence-electron chi connectivity index (χ0n) is 16.1. The number of hydrogen-bond acceptors (Lipinski definition) is 5. The molecule has 0 spiro atoms. The normalized spacial score (nSPS) is 11.1. The fourth-order valence-electron chi connectivity index (χ4n) is 3.34. The fraction of sp³-hybridized carbons (Fsp3) is 0.0833. The number of nitrogens with zero attached hydrogens (tertiary/aromatic N) is 2. The molecular formula is C24H19N3S2. The maximum absolute atomic E-state index is 4.89. The highest BCUT2D eigenvalue weighted by atomic mass is 32.1. The number of rotatable bonds is 4. The lowest BCUT2D eigenvalue weighted by Crippen LogP contribution is -1.89. The molecule has 2 aromatic heterocycles. The van der Waals surface area contributed by atoms with Gasteiger partial charge >= 0.3 is 0 Å². The lowest BCUT2D eigenvalue weighted by atomic mass is 10.1. The Kier molecular flexibility index (Phi) is 4.62. The van der Waals surface area contributed by atoms with Gasteiger partial charge in [-0.05, 0) is 37.6 Å². The van der Waals surface area contributed by atoms with Gasteiger partial charge in [0.25, 0.3) is 0 Å². The van der Waals surface area contributed by atoms with Crippen molar-refractivity contribution in [3.05, 3.63) is 83.2 Å². The molecule has 0 radical (unpaired) electrons. The highest BCUT2D eigenvalue weighted by Crippen LogP contribution is 2.34. The molecule has 0 bridgehead atoms. The van der Waals surface area contributed by atoms with Gasteiger partial charge < -0.3 is 5.32 Å². The molecule has 29 heavy (non-hydrogen) atoms. The van der Waals surface area contributed by atoms with Gasteiger partial charge in [0.2, 0.25) is 0 Å². The number of aromatic nitrogens is 2. The molecule has 2 heterocycles. The summed E-state index contributed by atoms with van der Waals surface area (Å²) in [6.45, 7) is 4.23. The van der Waals surface area contributed by atoms with Gasteiger partial charge in [0, 0.05) is 21.7 Å². The van der Waals surface area contributed by atoms with Crippen molar-refractivity contribution in [1.82, 2.24) is 9.97 Å². The summed E-state index contributed by atoms with van der Waals surface area (Å²) in [4.78, 5) is 10.9. The van der Waals surface area contributed by atoms with Crippen LogP contribution in [0.1, 0.15) is 10.4 Å². The summed E-state index contributed by atoms with van der Waals surface area (Å²) in [5.41, 5.74) is 6.65. The molecule has 3 nitrogen and oxygen atoms in total. The molecule has 0 aliphatic rings. The SMILES string of the molecule is Cc1sc(-c2ccccc2)nc1-c1ccc(Nc2nc3c(C)cccc3s2)cc1. The molecule has 5 heteroatoms. The van der Waals surface area contributed by atoms with E-state index in [1.807, 2.05) is 6.07 Å². The van der Waals surface area contributed by atoms with E-state index in [9.17, 15) is 0 Å². The van der Waals surface area contributed by atoms with E-state index in [0.29, 0.717) is 0 Å². The van der Waals surface area contributed by atoms with E-state index in [0.717, 1.165) is 38.2 Å². The lowest BCUT2D eigenvalue weighted by molar-refractivity contribution is 1.37. The maximum Gasteiger partial charge on any atom is 0.188 e. The van der Waals surface area contributed by atoms with Crippen molar-refractivity contribution in [3.63, 3.8) is 0 Å². The van der Waals surface area contributed by atoms with Crippen LogP contribution in [-0.4, -0.2) is 9.97 Å². The van der Waals surface area contributed by atoms with Crippen molar-refractivity contribution in [1.29, 1.82) is 0 Å². The fourth-order valence-corrected chi connectivity index (χ4v) is 5.25. The average molecular weight is 414 g/mol. The third kappa shape index (κ3) is 3.55. The molecule has 0 atom stereocenters. The Balaban J connectivity index is 1.40. The first-order chi connectivity index (χ1) is 14.2. The second-order valence-corrected chi connectivity index (χ2v) is 9.17. The maximum atomic E-state index is 4.89. The molecule has 5 rings (SSSR count). The first-order valence-electron chi connectivity index (χ1n) is 9.44. The number of hydrogen-bond donors (Lipinski definition) is 1. The Morgan fingerprint density at radius 3 is 2.28 bits per heavy atom. The summed E-state index contributed by atoms with van der Waals surface area (Å²) in [5, 5.41) is 5.41. The number of aryl methyl sites for hydroxylation is 2.